The average molecular weight is 370 g/mol. The van der Waals surface area contributed by atoms with Crippen LogP contribution in [0.1, 0.15) is 44.2 Å². The quantitative estimate of drug-likeness (QED) is 0.519. The molecule has 0 radical (unpaired) electrons. The summed E-state index contributed by atoms with van der Waals surface area (Å²) < 4.78 is 10.7. The second-order valence-electron chi connectivity index (χ2n) is 6.11. The molecule has 2 aromatic carbocycles. The lowest BCUT2D eigenvalue weighted by molar-refractivity contribution is -0.123. The number of carbonyl (C=O) groups excluding carboxylic acids is 1. The summed E-state index contributed by atoms with van der Waals surface area (Å²) in [7, 11) is 0. The number of phenolic OH excluding ortho intramolecular Hbond substituents is 1. The van der Waals surface area contributed by atoms with Gasteiger partial charge in [-0.05, 0) is 49.1 Å². The fraction of sp³-hybridized carbons (Fsp3) is 0.333. The number of amides is 1. The van der Waals surface area contributed by atoms with Crippen LogP contribution >= 0.6 is 0 Å². The first-order chi connectivity index (χ1) is 13.0. The van der Waals surface area contributed by atoms with Crippen LogP contribution in [0.3, 0.4) is 0 Å². The van der Waals surface area contributed by atoms with Crippen molar-refractivity contribution in [1.82, 2.24) is 5.43 Å². The van der Waals surface area contributed by atoms with E-state index in [9.17, 15) is 9.90 Å². The lowest BCUT2D eigenvalue weighted by Gasteiger charge is -2.10. The smallest absolute Gasteiger partial charge is 0.277 e. The van der Waals surface area contributed by atoms with Crippen LogP contribution in [0.2, 0.25) is 0 Å². The van der Waals surface area contributed by atoms with Crippen LogP contribution in [-0.4, -0.2) is 30.4 Å². The van der Waals surface area contributed by atoms with Gasteiger partial charge >= 0.3 is 0 Å². The molecule has 0 bridgehead atoms. The van der Waals surface area contributed by atoms with Gasteiger partial charge in [0.25, 0.3) is 5.91 Å². The molecule has 0 aromatic heterocycles. The van der Waals surface area contributed by atoms with Gasteiger partial charge in [0, 0.05) is 11.6 Å². The third kappa shape index (κ3) is 6.33. The predicted molar refractivity (Wildman–Crippen MR) is 106 cm³/mol. The molecule has 0 aliphatic heterocycles. The Morgan fingerprint density at radius 1 is 1.15 bits per heavy atom. The molecule has 0 heterocycles. The van der Waals surface area contributed by atoms with Crippen LogP contribution in [0.5, 0.6) is 17.2 Å². The molecule has 1 amide bonds. The molecule has 2 aromatic rings. The molecule has 0 saturated heterocycles. The second-order valence-corrected chi connectivity index (χ2v) is 6.11. The Labute approximate surface area is 159 Å². The predicted octanol–water partition coefficient (Wildman–Crippen LogP) is 3.83. The molecule has 0 aliphatic rings. The molecule has 0 aliphatic carbocycles. The summed E-state index contributed by atoms with van der Waals surface area (Å²) in [6.45, 7) is 6.55. The van der Waals surface area contributed by atoms with E-state index in [2.05, 4.69) is 24.4 Å². The maximum absolute atomic E-state index is 11.8. The van der Waals surface area contributed by atoms with Crippen LogP contribution in [0.4, 0.5) is 0 Å². The van der Waals surface area contributed by atoms with E-state index in [-0.39, 0.29) is 18.3 Å². The standard InChI is InChI=1S/C21H26N2O4/c1-4-15(3)16-6-9-18(10-7-16)27-14-21(25)23-22-13-17-8-11-19(26-5-2)12-20(17)24/h6-13,15,24H,4-5,14H2,1-3H3,(H,23,25)/b22-13+/t15-/m0/s1. The van der Waals surface area contributed by atoms with Gasteiger partial charge in [0.1, 0.15) is 17.2 Å². The Balaban J connectivity index is 1.81. The topological polar surface area (TPSA) is 80.2 Å². The van der Waals surface area contributed by atoms with Gasteiger partial charge in [-0.15, -0.1) is 0 Å². The number of benzene rings is 2. The average Bonchev–Trinajstić information content (AvgIpc) is 2.68. The lowest BCUT2D eigenvalue weighted by atomic mass is 9.99. The fourth-order valence-corrected chi connectivity index (χ4v) is 2.37. The van der Waals surface area contributed by atoms with Crippen molar-refractivity contribution in [3.8, 4) is 17.2 Å². The molecule has 0 unspecified atom stereocenters. The van der Waals surface area contributed by atoms with Crippen LogP contribution in [0, 0.1) is 0 Å². The van der Waals surface area contributed by atoms with Gasteiger partial charge in [0.15, 0.2) is 6.61 Å². The minimum atomic E-state index is -0.386. The molecule has 0 fully saturated rings. The summed E-state index contributed by atoms with van der Waals surface area (Å²) in [5, 5.41) is 13.7. The van der Waals surface area contributed by atoms with Crippen LogP contribution in [0.25, 0.3) is 0 Å². The molecule has 144 valence electrons. The van der Waals surface area contributed by atoms with Crippen molar-refractivity contribution in [1.29, 1.82) is 0 Å². The number of rotatable bonds is 9. The summed E-state index contributed by atoms with van der Waals surface area (Å²) in [4.78, 5) is 11.8. The van der Waals surface area contributed by atoms with Gasteiger partial charge in [-0.3, -0.25) is 4.79 Å². The second kappa shape index (κ2) is 10.2. The fourth-order valence-electron chi connectivity index (χ4n) is 2.37. The molecule has 0 saturated carbocycles. The third-order valence-corrected chi connectivity index (χ3v) is 4.14. The highest BCUT2D eigenvalue weighted by Crippen LogP contribution is 2.22. The third-order valence-electron chi connectivity index (χ3n) is 4.14. The first-order valence-electron chi connectivity index (χ1n) is 9.04. The van der Waals surface area contributed by atoms with E-state index in [0.717, 1.165) is 6.42 Å². The zero-order valence-electron chi connectivity index (χ0n) is 15.9. The van der Waals surface area contributed by atoms with Crippen molar-refractivity contribution in [3.05, 3.63) is 53.6 Å². The highest BCUT2D eigenvalue weighted by atomic mass is 16.5. The van der Waals surface area contributed by atoms with Gasteiger partial charge in [-0.1, -0.05) is 26.0 Å². The molecule has 6 nitrogen and oxygen atoms in total. The Hall–Kier alpha value is -3.02. The van der Waals surface area contributed by atoms with Gasteiger partial charge in [-0.25, -0.2) is 5.43 Å². The number of ether oxygens (including phenoxy) is 2. The van der Waals surface area contributed by atoms with E-state index in [1.807, 2.05) is 31.2 Å². The van der Waals surface area contributed by atoms with Gasteiger partial charge in [-0.2, -0.15) is 5.10 Å². The SMILES string of the molecule is CCOc1ccc(/C=N/NC(=O)COc2ccc([C@@H](C)CC)cc2)c(O)c1. The number of hydrogen-bond acceptors (Lipinski definition) is 5. The Kier molecular flexibility index (Phi) is 7.67. The summed E-state index contributed by atoms with van der Waals surface area (Å²) in [6.07, 6.45) is 2.44. The zero-order chi connectivity index (χ0) is 19.6. The monoisotopic (exact) mass is 370 g/mol. The summed E-state index contributed by atoms with van der Waals surface area (Å²) >= 11 is 0. The van der Waals surface area contributed by atoms with E-state index in [1.54, 1.807) is 12.1 Å². The Bertz CT molecular complexity index is 772. The normalized spacial score (nSPS) is 12.0. The minimum Gasteiger partial charge on any atom is -0.507 e. The first kappa shape index (κ1) is 20.3. The number of hydrogen-bond donors (Lipinski definition) is 2. The summed E-state index contributed by atoms with van der Waals surface area (Å²) in [5.41, 5.74) is 4.09. The highest BCUT2D eigenvalue weighted by Gasteiger charge is 2.05. The Morgan fingerprint density at radius 3 is 2.48 bits per heavy atom. The maximum Gasteiger partial charge on any atom is 0.277 e. The van der Waals surface area contributed by atoms with Gasteiger partial charge in [0.2, 0.25) is 0 Å². The van der Waals surface area contributed by atoms with Gasteiger partial charge in [0.05, 0.1) is 12.8 Å². The summed E-state index contributed by atoms with van der Waals surface area (Å²) in [6, 6.07) is 12.6. The van der Waals surface area contributed by atoms with Crippen molar-refractivity contribution in [2.75, 3.05) is 13.2 Å². The Morgan fingerprint density at radius 2 is 1.85 bits per heavy atom. The zero-order valence-corrected chi connectivity index (χ0v) is 15.9. The van der Waals surface area contributed by atoms with Crippen molar-refractivity contribution < 1.29 is 19.4 Å². The van der Waals surface area contributed by atoms with Crippen molar-refractivity contribution in [2.24, 2.45) is 5.10 Å². The van der Waals surface area contributed by atoms with Crippen molar-refractivity contribution >= 4 is 12.1 Å². The first-order valence-corrected chi connectivity index (χ1v) is 9.04. The molecule has 27 heavy (non-hydrogen) atoms. The van der Waals surface area contributed by atoms with Crippen LogP contribution in [-0.2, 0) is 4.79 Å². The number of aromatic hydroxyl groups is 1. The van der Waals surface area contributed by atoms with E-state index >= 15 is 0 Å². The highest BCUT2D eigenvalue weighted by molar-refractivity contribution is 5.85. The minimum absolute atomic E-state index is 0.0246. The van der Waals surface area contributed by atoms with Crippen LogP contribution < -0.4 is 14.9 Å². The molecule has 6 heteroatoms. The van der Waals surface area contributed by atoms with E-state index < -0.39 is 0 Å². The number of hydrazone groups is 1. The molecule has 1 atom stereocenters. The lowest BCUT2D eigenvalue weighted by Crippen LogP contribution is -2.24. The number of phenols is 1. The van der Waals surface area contributed by atoms with Crippen LogP contribution in [0.15, 0.2) is 47.6 Å². The van der Waals surface area contributed by atoms with E-state index in [0.29, 0.717) is 29.6 Å². The number of nitrogens with one attached hydrogen (secondary N) is 1. The van der Waals surface area contributed by atoms with Crippen molar-refractivity contribution in [3.63, 3.8) is 0 Å². The molecule has 0 spiro atoms. The number of nitrogens with zero attached hydrogens (tertiary/aromatic N) is 1. The van der Waals surface area contributed by atoms with E-state index in [1.165, 1.54) is 17.8 Å². The maximum atomic E-state index is 11.8. The number of carbonyl (C=O) groups is 1. The largest absolute Gasteiger partial charge is 0.507 e. The molecular formula is C21H26N2O4. The van der Waals surface area contributed by atoms with E-state index in [4.69, 9.17) is 9.47 Å². The molecule has 2 N–H and O–H groups in total. The summed E-state index contributed by atoms with van der Waals surface area (Å²) in [5.74, 6) is 1.34. The molecule has 2 rings (SSSR count). The van der Waals surface area contributed by atoms with Crippen molar-refractivity contribution in [2.45, 2.75) is 33.1 Å². The molecular weight excluding hydrogens is 344 g/mol. The van der Waals surface area contributed by atoms with Gasteiger partial charge < -0.3 is 14.6 Å².